The standard InChI is InChI=1S/C17H25N7O3/c1-23-9-6-12(10-23)20-15(26)5-8-19-17(27)16-22-13(11-24(16)2)21-14(25)4-3-7-18/h6,9-11H,3-5,7-8,18H2,1-2H3,(H,19,27)(H,20,26)(H,21,25). The molecule has 2 aromatic heterocycles. The highest BCUT2D eigenvalue weighted by Gasteiger charge is 2.15. The highest BCUT2D eigenvalue weighted by atomic mass is 16.2. The fraction of sp³-hybridized carbons (Fsp3) is 0.412. The third-order valence-electron chi connectivity index (χ3n) is 3.71. The second-order valence-electron chi connectivity index (χ2n) is 6.12. The topological polar surface area (TPSA) is 136 Å². The van der Waals surface area contributed by atoms with Gasteiger partial charge in [0.1, 0.15) is 0 Å². The zero-order chi connectivity index (χ0) is 19.8. The molecule has 10 heteroatoms. The first-order valence-corrected chi connectivity index (χ1v) is 8.62. The van der Waals surface area contributed by atoms with Crippen LogP contribution in [0.4, 0.5) is 11.5 Å². The molecule has 10 nitrogen and oxygen atoms in total. The van der Waals surface area contributed by atoms with Crippen molar-refractivity contribution in [1.82, 2.24) is 19.4 Å². The molecule has 2 aromatic rings. The van der Waals surface area contributed by atoms with Crippen molar-refractivity contribution in [3.05, 3.63) is 30.5 Å². The van der Waals surface area contributed by atoms with Crippen LogP contribution >= 0.6 is 0 Å². The molecule has 0 aliphatic heterocycles. The van der Waals surface area contributed by atoms with Gasteiger partial charge in [-0.3, -0.25) is 14.4 Å². The number of amides is 3. The molecule has 146 valence electrons. The summed E-state index contributed by atoms with van der Waals surface area (Å²) in [6.45, 7) is 0.601. The van der Waals surface area contributed by atoms with Gasteiger partial charge >= 0.3 is 0 Å². The summed E-state index contributed by atoms with van der Waals surface area (Å²) in [5.41, 5.74) is 6.07. The minimum atomic E-state index is -0.424. The second kappa shape index (κ2) is 9.53. The van der Waals surface area contributed by atoms with Crippen molar-refractivity contribution >= 4 is 29.2 Å². The van der Waals surface area contributed by atoms with Crippen molar-refractivity contribution in [3.63, 3.8) is 0 Å². The van der Waals surface area contributed by atoms with Gasteiger partial charge in [-0.1, -0.05) is 0 Å². The van der Waals surface area contributed by atoms with E-state index < -0.39 is 5.91 Å². The van der Waals surface area contributed by atoms with E-state index in [2.05, 4.69) is 20.9 Å². The number of rotatable bonds is 9. The molecule has 0 saturated carbocycles. The molecular formula is C17H25N7O3. The summed E-state index contributed by atoms with van der Waals surface area (Å²) < 4.78 is 3.34. The zero-order valence-electron chi connectivity index (χ0n) is 15.5. The molecule has 5 N–H and O–H groups in total. The number of nitrogens with two attached hydrogens (primary N) is 1. The third kappa shape index (κ3) is 6.26. The maximum absolute atomic E-state index is 12.2. The van der Waals surface area contributed by atoms with Crippen LogP contribution in [0.15, 0.2) is 24.7 Å². The summed E-state index contributed by atoms with van der Waals surface area (Å²) in [5.74, 6) is -0.385. The second-order valence-corrected chi connectivity index (χ2v) is 6.12. The van der Waals surface area contributed by atoms with E-state index in [4.69, 9.17) is 5.73 Å². The fourth-order valence-corrected chi connectivity index (χ4v) is 2.37. The van der Waals surface area contributed by atoms with Crippen LogP contribution in [0.1, 0.15) is 29.9 Å². The number of carbonyl (C=O) groups excluding carboxylic acids is 3. The zero-order valence-corrected chi connectivity index (χ0v) is 15.5. The van der Waals surface area contributed by atoms with Crippen molar-refractivity contribution in [2.75, 3.05) is 23.7 Å². The van der Waals surface area contributed by atoms with Crippen LogP contribution in [0.5, 0.6) is 0 Å². The van der Waals surface area contributed by atoms with Crippen LogP contribution in [0.2, 0.25) is 0 Å². The lowest BCUT2D eigenvalue weighted by Crippen LogP contribution is -2.29. The van der Waals surface area contributed by atoms with Crippen LogP contribution in [-0.4, -0.2) is 44.9 Å². The number of anilines is 2. The van der Waals surface area contributed by atoms with E-state index in [1.165, 1.54) is 4.57 Å². The SMILES string of the molecule is Cn1ccc(NC(=O)CCNC(=O)c2nc(NC(=O)CCCN)cn2C)c1. The largest absolute Gasteiger partial charge is 0.355 e. The van der Waals surface area contributed by atoms with E-state index in [1.54, 1.807) is 25.5 Å². The van der Waals surface area contributed by atoms with Gasteiger partial charge in [0.25, 0.3) is 5.91 Å². The summed E-state index contributed by atoms with van der Waals surface area (Å²) in [6.07, 6.45) is 6.17. The first kappa shape index (κ1) is 20.2. The summed E-state index contributed by atoms with van der Waals surface area (Å²) in [7, 11) is 3.51. The molecule has 0 radical (unpaired) electrons. The van der Waals surface area contributed by atoms with Crippen molar-refractivity contribution in [1.29, 1.82) is 0 Å². The molecule has 0 fully saturated rings. The molecule has 0 atom stereocenters. The van der Waals surface area contributed by atoms with Gasteiger partial charge in [-0.15, -0.1) is 0 Å². The van der Waals surface area contributed by atoms with Gasteiger partial charge in [-0.05, 0) is 19.0 Å². The monoisotopic (exact) mass is 375 g/mol. The van der Waals surface area contributed by atoms with Gasteiger partial charge in [-0.2, -0.15) is 0 Å². The van der Waals surface area contributed by atoms with Gasteiger partial charge < -0.3 is 30.8 Å². The third-order valence-corrected chi connectivity index (χ3v) is 3.71. The number of nitrogens with one attached hydrogen (secondary N) is 3. The van der Waals surface area contributed by atoms with Gasteiger partial charge in [0, 0.05) is 52.1 Å². The summed E-state index contributed by atoms with van der Waals surface area (Å²) in [5, 5.41) is 8.01. The first-order chi connectivity index (χ1) is 12.9. The van der Waals surface area contributed by atoms with Gasteiger partial charge in [0.2, 0.25) is 17.6 Å². The number of hydrogen-bond donors (Lipinski definition) is 4. The minimum Gasteiger partial charge on any atom is -0.355 e. The number of hydrogen-bond acceptors (Lipinski definition) is 5. The Bertz CT molecular complexity index is 809. The summed E-state index contributed by atoms with van der Waals surface area (Å²) in [4.78, 5) is 39.9. The molecule has 3 amide bonds. The normalized spacial score (nSPS) is 10.5. The van der Waals surface area contributed by atoms with E-state index in [1.807, 2.05) is 17.8 Å². The molecule has 2 heterocycles. The highest BCUT2D eigenvalue weighted by Crippen LogP contribution is 2.08. The highest BCUT2D eigenvalue weighted by molar-refractivity contribution is 5.94. The van der Waals surface area contributed by atoms with E-state index >= 15 is 0 Å². The minimum absolute atomic E-state index is 0.133. The van der Waals surface area contributed by atoms with E-state index in [0.29, 0.717) is 30.9 Å². The van der Waals surface area contributed by atoms with Gasteiger partial charge in [0.05, 0.1) is 5.69 Å². The summed E-state index contributed by atoms with van der Waals surface area (Å²) in [6, 6.07) is 1.79. The smallest absolute Gasteiger partial charge is 0.287 e. The number of aryl methyl sites for hydroxylation is 2. The van der Waals surface area contributed by atoms with Crippen molar-refractivity contribution in [2.24, 2.45) is 19.8 Å². The van der Waals surface area contributed by atoms with Crippen molar-refractivity contribution in [2.45, 2.75) is 19.3 Å². The Morgan fingerprint density at radius 3 is 2.52 bits per heavy atom. The molecule has 27 heavy (non-hydrogen) atoms. The van der Waals surface area contributed by atoms with Crippen LogP contribution in [0.3, 0.4) is 0 Å². The van der Waals surface area contributed by atoms with E-state index in [0.717, 1.165) is 0 Å². The number of carbonyl (C=O) groups is 3. The number of imidazole rings is 1. The molecule has 0 aliphatic rings. The Morgan fingerprint density at radius 1 is 1.11 bits per heavy atom. The quantitative estimate of drug-likeness (QED) is 0.496. The maximum Gasteiger partial charge on any atom is 0.287 e. The maximum atomic E-state index is 12.2. The van der Waals surface area contributed by atoms with Crippen LogP contribution in [0, 0.1) is 0 Å². The first-order valence-electron chi connectivity index (χ1n) is 8.62. The van der Waals surface area contributed by atoms with E-state index in [-0.39, 0.29) is 30.6 Å². The lowest BCUT2D eigenvalue weighted by molar-refractivity contribution is -0.117. The Hall–Kier alpha value is -3.14. The molecule has 0 spiro atoms. The average molecular weight is 375 g/mol. The van der Waals surface area contributed by atoms with Crippen LogP contribution in [0.25, 0.3) is 0 Å². The van der Waals surface area contributed by atoms with Crippen LogP contribution in [-0.2, 0) is 23.7 Å². The molecule has 0 saturated heterocycles. The fourth-order valence-electron chi connectivity index (χ4n) is 2.37. The van der Waals surface area contributed by atoms with Gasteiger partial charge in [-0.25, -0.2) is 4.98 Å². The molecule has 0 bridgehead atoms. The van der Waals surface area contributed by atoms with Gasteiger partial charge in [0.15, 0.2) is 5.82 Å². The Labute approximate surface area is 157 Å². The predicted octanol–water partition coefficient (Wildman–Crippen LogP) is 0.195. The Kier molecular flexibility index (Phi) is 7.12. The Balaban J connectivity index is 1.79. The summed E-state index contributed by atoms with van der Waals surface area (Å²) >= 11 is 0. The molecule has 0 unspecified atom stereocenters. The van der Waals surface area contributed by atoms with Crippen molar-refractivity contribution in [3.8, 4) is 0 Å². The molecule has 0 aliphatic carbocycles. The Morgan fingerprint density at radius 2 is 1.85 bits per heavy atom. The van der Waals surface area contributed by atoms with Crippen molar-refractivity contribution < 1.29 is 14.4 Å². The molecule has 2 rings (SSSR count). The molecular weight excluding hydrogens is 350 g/mol. The van der Waals surface area contributed by atoms with E-state index in [9.17, 15) is 14.4 Å². The van der Waals surface area contributed by atoms with Crippen LogP contribution < -0.4 is 21.7 Å². The predicted molar refractivity (Wildman–Crippen MR) is 101 cm³/mol. The lowest BCUT2D eigenvalue weighted by atomic mass is 10.3. The average Bonchev–Trinajstić information content (AvgIpc) is 3.18. The number of aromatic nitrogens is 3. The number of nitrogens with zero attached hydrogens (tertiary/aromatic N) is 3. The lowest BCUT2D eigenvalue weighted by Gasteiger charge is -2.05. The molecule has 0 aromatic carbocycles.